The molecule has 3 heterocycles. The van der Waals surface area contributed by atoms with Crippen LogP contribution >= 0.6 is 0 Å². The smallest absolute Gasteiger partial charge is 0.274 e. The van der Waals surface area contributed by atoms with Gasteiger partial charge in [-0.3, -0.25) is 14.2 Å². The molecule has 0 atom stereocenters. The van der Waals surface area contributed by atoms with Crippen LogP contribution in [0.15, 0.2) is 59.7 Å². The maximum atomic E-state index is 14.2. The quantitative estimate of drug-likeness (QED) is 0.509. The third-order valence-electron chi connectivity index (χ3n) is 5.71. The van der Waals surface area contributed by atoms with Crippen LogP contribution in [-0.2, 0) is 18.3 Å². The maximum absolute atomic E-state index is 14.2. The van der Waals surface area contributed by atoms with Gasteiger partial charge in [0, 0.05) is 43.7 Å². The molecule has 5 rings (SSSR count). The average molecular weight is 419 g/mol. The van der Waals surface area contributed by atoms with E-state index < -0.39 is 0 Å². The standard InChI is InChI=1S/C23H22FN5O2/c1-27-22(30)19-7-6-16(12-21(19)29(27)15-17-4-2-3-5-20(17)24)18-13-25-23(26-14-18)28-8-10-31-11-9-28/h2-7,12-14H,8-11,15H2,1H3. The van der Waals surface area contributed by atoms with E-state index in [0.29, 0.717) is 30.1 Å². The van der Waals surface area contributed by atoms with E-state index in [4.69, 9.17) is 4.74 Å². The number of halogens is 1. The lowest BCUT2D eigenvalue weighted by Crippen LogP contribution is -2.37. The lowest BCUT2D eigenvalue weighted by molar-refractivity contribution is 0.122. The topological polar surface area (TPSA) is 65.2 Å². The number of hydrogen-bond acceptors (Lipinski definition) is 5. The third-order valence-corrected chi connectivity index (χ3v) is 5.71. The lowest BCUT2D eigenvalue weighted by atomic mass is 10.1. The second-order valence-corrected chi connectivity index (χ2v) is 7.58. The van der Waals surface area contributed by atoms with Crippen molar-refractivity contribution in [1.82, 2.24) is 19.3 Å². The van der Waals surface area contributed by atoms with Gasteiger partial charge in [-0.05, 0) is 23.8 Å². The minimum absolute atomic E-state index is 0.114. The van der Waals surface area contributed by atoms with Crippen molar-refractivity contribution in [1.29, 1.82) is 0 Å². The molecule has 1 saturated heterocycles. The fraction of sp³-hybridized carbons (Fsp3) is 0.261. The molecule has 2 aromatic heterocycles. The van der Waals surface area contributed by atoms with Crippen molar-refractivity contribution in [2.75, 3.05) is 31.2 Å². The van der Waals surface area contributed by atoms with Crippen molar-refractivity contribution < 1.29 is 9.13 Å². The van der Waals surface area contributed by atoms with Crippen LogP contribution in [0.4, 0.5) is 10.3 Å². The van der Waals surface area contributed by atoms with Gasteiger partial charge in [0.05, 0.1) is 30.7 Å². The first-order valence-electron chi connectivity index (χ1n) is 10.2. The summed E-state index contributed by atoms with van der Waals surface area (Å²) in [4.78, 5) is 23.8. The monoisotopic (exact) mass is 419 g/mol. The van der Waals surface area contributed by atoms with Gasteiger partial charge >= 0.3 is 0 Å². The van der Waals surface area contributed by atoms with Gasteiger partial charge in [0.15, 0.2) is 0 Å². The van der Waals surface area contributed by atoms with E-state index in [1.165, 1.54) is 10.7 Å². The summed E-state index contributed by atoms with van der Waals surface area (Å²) in [5.41, 5.74) is 2.91. The fourth-order valence-electron chi connectivity index (χ4n) is 3.93. The van der Waals surface area contributed by atoms with Crippen LogP contribution in [0.25, 0.3) is 22.0 Å². The molecule has 0 radical (unpaired) electrons. The van der Waals surface area contributed by atoms with E-state index in [9.17, 15) is 9.18 Å². The van der Waals surface area contributed by atoms with Crippen molar-refractivity contribution in [2.24, 2.45) is 7.05 Å². The number of aromatic nitrogens is 4. The highest BCUT2D eigenvalue weighted by atomic mass is 19.1. The van der Waals surface area contributed by atoms with Crippen molar-refractivity contribution in [3.63, 3.8) is 0 Å². The summed E-state index contributed by atoms with van der Waals surface area (Å²) in [5, 5.41) is 0.591. The maximum Gasteiger partial charge on any atom is 0.274 e. The molecule has 31 heavy (non-hydrogen) atoms. The van der Waals surface area contributed by atoms with E-state index in [1.54, 1.807) is 48.4 Å². The number of hydrogen-bond donors (Lipinski definition) is 0. The van der Waals surface area contributed by atoms with E-state index in [0.717, 1.165) is 29.7 Å². The molecule has 0 unspecified atom stereocenters. The second-order valence-electron chi connectivity index (χ2n) is 7.58. The SMILES string of the molecule is Cn1c(=O)c2ccc(-c3cnc(N4CCOCC4)nc3)cc2n1Cc1ccccc1F. The van der Waals surface area contributed by atoms with Crippen LogP contribution in [0, 0.1) is 5.82 Å². The summed E-state index contributed by atoms with van der Waals surface area (Å²) < 4.78 is 22.9. The van der Waals surface area contributed by atoms with E-state index in [1.807, 2.05) is 12.1 Å². The Hall–Kier alpha value is -3.52. The Bertz CT molecular complexity index is 1290. The minimum atomic E-state index is -0.292. The molecule has 2 aromatic carbocycles. The molecule has 0 saturated carbocycles. The van der Waals surface area contributed by atoms with Crippen molar-refractivity contribution in [2.45, 2.75) is 6.54 Å². The first-order chi connectivity index (χ1) is 15.1. The van der Waals surface area contributed by atoms with Gasteiger partial charge in [-0.25, -0.2) is 14.4 Å². The van der Waals surface area contributed by atoms with Gasteiger partial charge in [-0.2, -0.15) is 0 Å². The highest BCUT2D eigenvalue weighted by Crippen LogP contribution is 2.24. The highest BCUT2D eigenvalue weighted by Gasteiger charge is 2.16. The molecular formula is C23H22FN5O2. The average Bonchev–Trinajstić information content (AvgIpc) is 3.05. The van der Waals surface area contributed by atoms with Crippen LogP contribution in [0.2, 0.25) is 0 Å². The summed E-state index contributed by atoms with van der Waals surface area (Å²) in [6.07, 6.45) is 3.59. The van der Waals surface area contributed by atoms with Crippen LogP contribution in [0.1, 0.15) is 5.56 Å². The predicted octanol–water partition coefficient (Wildman–Crippen LogP) is 2.82. The molecule has 0 N–H and O–H groups in total. The van der Waals surface area contributed by atoms with Gasteiger partial charge in [0.1, 0.15) is 5.82 Å². The molecule has 158 valence electrons. The van der Waals surface area contributed by atoms with Crippen LogP contribution in [0.5, 0.6) is 0 Å². The number of anilines is 1. The van der Waals surface area contributed by atoms with E-state index in [2.05, 4.69) is 14.9 Å². The Kier molecular flexibility index (Phi) is 4.99. The highest BCUT2D eigenvalue weighted by molar-refractivity contribution is 5.84. The van der Waals surface area contributed by atoms with Crippen LogP contribution in [-0.4, -0.2) is 45.6 Å². The van der Waals surface area contributed by atoms with Crippen molar-refractivity contribution >= 4 is 16.9 Å². The minimum Gasteiger partial charge on any atom is -0.378 e. The summed E-state index contributed by atoms with van der Waals surface area (Å²) in [5.74, 6) is 0.393. The normalized spacial score (nSPS) is 14.3. The van der Waals surface area contributed by atoms with Gasteiger partial charge in [0.25, 0.3) is 5.56 Å². The number of nitrogens with zero attached hydrogens (tertiary/aromatic N) is 5. The molecule has 1 aliphatic heterocycles. The molecule has 1 fully saturated rings. The van der Waals surface area contributed by atoms with Gasteiger partial charge in [-0.15, -0.1) is 0 Å². The Morgan fingerprint density at radius 3 is 2.52 bits per heavy atom. The zero-order valence-electron chi connectivity index (χ0n) is 17.2. The largest absolute Gasteiger partial charge is 0.378 e. The first kappa shape index (κ1) is 19.4. The molecular weight excluding hydrogens is 397 g/mol. The fourth-order valence-corrected chi connectivity index (χ4v) is 3.93. The van der Waals surface area contributed by atoms with E-state index >= 15 is 0 Å². The second kappa shape index (κ2) is 7.96. The Morgan fingerprint density at radius 2 is 1.77 bits per heavy atom. The number of ether oxygens (including phenoxy) is 1. The molecule has 0 amide bonds. The number of benzene rings is 2. The number of rotatable bonds is 4. The van der Waals surface area contributed by atoms with Crippen LogP contribution in [0.3, 0.4) is 0 Å². The zero-order valence-corrected chi connectivity index (χ0v) is 17.2. The van der Waals surface area contributed by atoms with Crippen molar-refractivity contribution in [3.8, 4) is 11.1 Å². The molecule has 0 aliphatic carbocycles. The summed E-state index contributed by atoms with van der Waals surface area (Å²) in [6, 6.07) is 12.2. The Labute approximate surface area is 178 Å². The Balaban J connectivity index is 1.52. The van der Waals surface area contributed by atoms with Gasteiger partial charge in [-0.1, -0.05) is 24.3 Å². The summed E-state index contributed by atoms with van der Waals surface area (Å²) >= 11 is 0. The summed E-state index contributed by atoms with van der Waals surface area (Å²) in [6.45, 7) is 3.16. The van der Waals surface area contributed by atoms with Crippen molar-refractivity contribution in [3.05, 3.63) is 76.6 Å². The predicted molar refractivity (Wildman–Crippen MR) is 117 cm³/mol. The number of fused-ring (bicyclic) bond motifs is 1. The van der Waals surface area contributed by atoms with E-state index in [-0.39, 0.29) is 17.9 Å². The molecule has 0 bridgehead atoms. The third kappa shape index (κ3) is 3.59. The lowest BCUT2D eigenvalue weighted by Gasteiger charge is -2.26. The number of morpholine rings is 1. The summed E-state index contributed by atoms with van der Waals surface area (Å²) in [7, 11) is 1.70. The molecule has 8 heteroatoms. The first-order valence-corrected chi connectivity index (χ1v) is 10.2. The molecule has 4 aromatic rings. The van der Waals surface area contributed by atoms with Gasteiger partial charge in [0.2, 0.25) is 5.95 Å². The molecule has 1 aliphatic rings. The zero-order chi connectivity index (χ0) is 21.4. The van der Waals surface area contributed by atoms with Gasteiger partial charge < -0.3 is 9.64 Å². The van der Waals surface area contributed by atoms with Crippen LogP contribution < -0.4 is 10.5 Å². The molecule has 0 spiro atoms. The Morgan fingerprint density at radius 1 is 1.03 bits per heavy atom. The molecule has 7 nitrogen and oxygen atoms in total.